The smallest absolute Gasteiger partial charge is 0.137 e. The first-order valence-electron chi connectivity index (χ1n) is 6.92. The van der Waals surface area contributed by atoms with Crippen molar-refractivity contribution in [2.75, 3.05) is 13.7 Å². The van der Waals surface area contributed by atoms with E-state index in [2.05, 4.69) is 28.2 Å². The van der Waals surface area contributed by atoms with E-state index in [1.165, 1.54) is 24.8 Å². The molecule has 0 saturated heterocycles. The summed E-state index contributed by atoms with van der Waals surface area (Å²) >= 11 is 9.74. The standard InChI is InChI=1S/C15H21BrClNO/c1-3-6-18-14(7-10-4-5-10)12-8-11(17)9-13(16)15(12)19-2/h8-10,14,18H,3-7H2,1-2H3. The van der Waals surface area contributed by atoms with E-state index in [1.807, 2.05) is 12.1 Å². The Labute approximate surface area is 129 Å². The topological polar surface area (TPSA) is 21.3 Å². The Balaban J connectivity index is 2.27. The number of ether oxygens (including phenoxy) is 1. The molecule has 1 aliphatic carbocycles. The summed E-state index contributed by atoms with van der Waals surface area (Å²) in [6.45, 7) is 3.21. The molecule has 4 heteroatoms. The monoisotopic (exact) mass is 345 g/mol. The molecule has 1 aromatic carbocycles. The maximum absolute atomic E-state index is 6.20. The molecular weight excluding hydrogens is 326 g/mol. The minimum absolute atomic E-state index is 0.331. The van der Waals surface area contributed by atoms with Crippen LogP contribution in [-0.2, 0) is 0 Å². The second-order valence-electron chi connectivity index (χ2n) is 5.20. The van der Waals surface area contributed by atoms with Gasteiger partial charge in [0.1, 0.15) is 5.75 Å². The van der Waals surface area contributed by atoms with Gasteiger partial charge in [0.15, 0.2) is 0 Å². The van der Waals surface area contributed by atoms with Gasteiger partial charge in [0.05, 0.1) is 11.6 Å². The van der Waals surface area contributed by atoms with E-state index in [9.17, 15) is 0 Å². The molecule has 1 unspecified atom stereocenters. The highest BCUT2D eigenvalue weighted by molar-refractivity contribution is 9.10. The average molecular weight is 347 g/mol. The number of methoxy groups -OCH3 is 1. The molecule has 2 rings (SSSR count). The maximum atomic E-state index is 6.20. The van der Waals surface area contributed by atoms with Crippen LogP contribution in [0, 0.1) is 5.92 Å². The van der Waals surface area contributed by atoms with Crippen LogP contribution in [0.5, 0.6) is 5.75 Å². The number of hydrogen-bond acceptors (Lipinski definition) is 2. The Kier molecular flexibility index (Phi) is 5.55. The minimum Gasteiger partial charge on any atom is -0.495 e. The zero-order valence-corrected chi connectivity index (χ0v) is 13.9. The quantitative estimate of drug-likeness (QED) is 0.754. The fourth-order valence-corrected chi connectivity index (χ4v) is 3.38. The van der Waals surface area contributed by atoms with Crippen molar-refractivity contribution in [3.05, 3.63) is 27.2 Å². The predicted molar refractivity (Wildman–Crippen MR) is 84.1 cm³/mol. The van der Waals surface area contributed by atoms with Crippen molar-refractivity contribution < 1.29 is 4.74 Å². The first-order valence-corrected chi connectivity index (χ1v) is 8.09. The van der Waals surface area contributed by atoms with Gasteiger partial charge < -0.3 is 10.1 Å². The van der Waals surface area contributed by atoms with Crippen molar-refractivity contribution in [2.24, 2.45) is 5.92 Å². The third-order valence-corrected chi connectivity index (χ3v) is 4.33. The maximum Gasteiger partial charge on any atom is 0.137 e. The number of halogens is 2. The molecule has 1 atom stereocenters. The highest BCUT2D eigenvalue weighted by Crippen LogP contribution is 2.42. The fraction of sp³-hybridized carbons (Fsp3) is 0.600. The zero-order valence-electron chi connectivity index (χ0n) is 11.5. The van der Waals surface area contributed by atoms with Crippen LogP contribution in [0.4, 0.5) is 0 Å². The van der Waals surface area contributed by atoms with E-state index in [-0.39, 0.29) is 0 Å². The van der Waals surface area contributed by atoms with Crippen LogP contribution in [0.3, 0.4) is 0 Å². The van der Waals surface area contributed by atoms with Gasteiger partial charge in [-0.1, -0.05) is 31.4 Å². The normalized spacial score (nSPS) is 16.4. The highest BCUT2D eigenvalue weighted by Gasteiger charge is 2.28. The molecule has 1 aromatic rings. The van der Waals surface area contributed by atoms with Crippen LogP contribution in [-0.4, -0.2) is 13.7 Å². The number of nitrogens with one attached hydrogen (secondary N) is 1. The summed E-state index contributed by atoms with van der Waals surface area (Å²) in [5.41, 5.74) is 1.17. The van der Waals surface area contributed by atoms with Gasteiger partial charge in [-0.3, -0.25) is 0 Å². The molecule has 0 spiro atoms. The van der Waals surface area contributed by atoms with Crippen molar-refractivity contribution >= 4 is 27.5 Å². The first kappa shape index (κ1) is 15.1. The van der Waals surface area contributed by atoms with Crippen LogP contribution in [0.2, 0.25) is 5.02 Å². The molecule has 0 aliphatic heterocycles. The average Bonchev–Trinajstić information content (AvgIpc) is 3.17. The largest absolute Gasteiger partial charge is 0.495 e. The molecule has 1 fully saturated rings. The van der Waals surface area contributed by atoms with Crippen LogP contribution >= 0.6 is 27.5 Å². The SMILES string of the molecule is CCCNC(CC1CC1)c1cc(Cl)cc(Br)c1OC. The van der Waals surface area contributed by atoms with Gasteiger partial charge in [-0.2, -0.15) is 0 Å². The molecule has 0 heterocycles. The summed E-state index contributed by atoms with van der Waals surface area (Å²) in [6, 6.07) is 4.25. The molecule has 0 bridgehead atoms. The Morgan fingerprint density at radius 1 is 1.47 bits per heavy atom. The van der Waals surface area contributed by atoms with Crippen molar-refractivity contribution in [3.8, 4) is 5.75 Å². The molecule has 106 valence electrons. The minimum atomic E-state index is 0.331. The molecule has 1 aliphatic rings. The van der Waals surface area contributed by atoms with Crippen molar-refractivity contribution in [2.45, 2.75) is 38.6 Å². The van der Waals surface area contributed by atoms with E-state index in [1.54, 1.807) is 7.11 Å². The van der Waals surface area contributed by atoms with Gasteiger partial charge in [0, 0.05) is 16.6 Å². The van der Waals surface area contributed by atoms with E-state index in [4.69, 9.17) is 16.3 Å². The lowest BCUT2D eigenvalue weighted by Crippen LogP contribution is -2.23. The summed E-state index contributed by atoms with van der Waals surface area (Å²) < 4.78 is 6.48. The van der Waals surface area contributed by atoms with E-state index >= 15 is 0 Å². The summed E-state index contributed by atoms with van der Waals surface area (Å²) in [5, 5.41) is 4.38. The van der Waals surface area contributed by atoms with Crippen LogP contribution in [0.1, 0.15) is 44.2 Å². The summed E-state index contributed by atoms with van der Waals surface area (Å²) in [4.78, 5) is 0. The lowest BCUT2D eigenvalue weighted by Gasteiger charge is -2.22. The molecule has 19 heavy (non-hydrogen) atoms. The predicted octanol–water partition coefficient (Wildman–Crippen LogP) is 4.95. The van der Waals surface area contributed by atoms with E-state index in [0.717, 1.165) is 34.1 Å². The van der Waals surface area contributed by atoms with Gasteiger partial charge in [0.25, 0.3) is 0 Å². The molecule has 1 N–H and O–H groups in total. The summed E-state index contributed by atoms with van der Waals surface area (Å²) in [5.74, 6) is 1.76. The number of hydrogen-bond donors (Lipinski definition) is 1. The fourth-order valence-electron chi connectivity index (χ4n) is 2.38. The third kappa shape index (κ3) is 4.11. The first-order chi connectivity index (χ1) is 9.15. The lowest BCUT2D eigenvalue weighted by atomic mass is 10.00. The molecular formula is C15H21BrClNO. The van der Waals surface area contributed by atoms with Crippen LogP contribution < -0.4 is 10.1 Å². The van der Waals surface area contributed by atoms with Gasteiger partial charge in [-0.05, 0) is 53.4 Å². The molecule has 0 aromatic heterocycles. The molecule has 2 nitrogen and oxygen atoms in total. The third-order valence-electron chi connectivity index (χ3n) is 3.52. The Morgan fingerprint density at radius 3 is 2.79 bits per heavy atom. The Hall–Kier alpha value is -0.250. The molecule has 1 saturated carbocycles. The lowest BCUT2D eigenvalue weighted by molar-refractivity contribution is 0.388. The van der Waals surface area contributed by atoms with Crippen molar-refractivity contribution in [3.63, 3.8) is 0 Å². The van der Waals surface area contributed by atoms with Crippen molar-refractivity contribution in [1.29, 1.82) is 0 Å². The van der Waals surface area contributed by atoms with Crippen LogP contribution in [0.25, 0.3) is 0 Å². The van der Waals surface area contributed by atoms with Gasteiger partial charge in [-0.25, -0.2) is 0 Å². The van der Waals surface area contributed by atoms with E-state index in [0.29, 0.717) is 6.04 Å². The zero-order chi connectivity index (χ0) is 13.8. The van der Waals surface area contributed by atoms with Gasteiger partial charge in [-0.15, -0.1) is 0 Å². The van der Waals surface area contributed by atoms with Gasteiger partial charge in [0.2, 0.25) is 0 Å². The number of rotatable bonds is 7. The van der Waals surface area contributed by atoms with Crippen molar-refractivity contribution in [1.82, 2.24) is 5.32 Å². The Morgan fingerprint density at radius 2 is 2.21 bits per heavy atom. The number of benzene rings is 1. The molecule has 0 radical (unpaired) electrons. The molecule has 0 amide bonds. The Bertz CT molecular complexity index is 434. The van der Waals surface area contributed by atoms with Gasteiger partial charge >= 0.3 is 0 Å². The summed E-state index contributed by atoms with van der Waals surface area (Å²) in [7, 11) is 1.71. The summed E-state index contributed by atoms with van der Waals surface area (Å²) in [6.07, 6.45) is 5.01. The second kappa shape index (κ2) is 6.96. The van der Waals surface area contributed by atoms with Crippen LogP contribution in [0.15, 0.2) is 16.6 Å². The highest BCUT2D eigenvalue weighted by atomic mass is 79.9. The van der Waals surface area contributed by atoms with E-state index < -0.39 is 0 Å². The second-order valence-corrected chi connectivity index (χ2v) is 6.49.